The van der Waals surface area contributed by atoms with Crippen LogP contribution < -0.4 is 14.8 Å². The second-order valence-corrected chi connectivity index (χ2v) is 9.48. The van der Waals surface area contributed by atoms with Crippen molar-refractivity contribution in [3.63, 3.8) is 0 Å². The molecule has 0 atom stereocenters. The largest absolute Gasteiger partial charge is 0.490 e. The first kappa shape index (κ1) is 24.7. The summed E-state index contributed by atoms with van der Waals surface area (Å²) in [6.45, 7) is 8.74. The summed E-state index contributed by atoms with van der Waals surface area (Å²) in [4.78, 5) is 14.5. The lowest BCUT2D eigenvalue weighted by molar-refractivity contribution is -0.117. The van der Waals surface area contributed by atoms with Crippen LogP contribution in [0.3, 0.4) is 0 Å². The fraction of sp³-hybridized carbons (Fsp3) is 0.435. The zero-order valence-electron chi connectivity index (χ0n) is 18.9. The number of hydrogen-bond acceptors (Lipinski definition) is 6. The smallest absolute Gasteiger partial charge is 0.238 e. The third-order valence-electron chi connectivity index (χ3n) is 4.66. The van der Waals surface area contributed by atoms with Crippen LogP contribution in [-0.4, -0.2) is 58.3 Å². The van der Waals surface area contributed by atoms with E-state index in [-0.39, 0.29) is 24.7 Å². The SMILES string of the molecule is CCOc1ccc(NC(=O)CN(C)CCS(=O)(=O)c2cc(C)ccc2C)cc1OCC. The average Bonchev–Trinajstić information content (AvgIpc) is 2.70. The van der Waals surface area contributed by atoms with Crippen molar-refractivity contribution in [3.8, 4) is 11.5 Å². The van der Waals surface area contributed by atoms with Gasteiger partial charge in [0.05, 0.1) is 30.4 Å². The number of nitrogens with one attached hydrogen (secondary N) is 1. The molecule has 1 N–H and O–H groups in total. The van der Waals surface area contributed by atoms with Gasteiger partial charge in [-0.1, -0.05) is 12.1 Å². The molecule has 2 rings (SSSR count). The average molecular weight is 449 g/mol. The van der Waals surface area contributed by atoms with Gasteiger partial charge in [0.25, 0.3) is 0 Å². The van der Waals surface area contributed by atoms with Gasteiger partial charge in [0.2, 0.25) is 5.91 Å². The molecule has 0 unspecified atom stereocenters. The fourth-order valence-corrected chi connectivity index (χ4v) is 4.78. The van der Waals surface area contributed by atoms with Crippen LogP contribution in [0, 0.1) is 13.8 Å². The minimum Gasteiger partial charge on any atom is -0.490 e. The number of carbonyl (C=O) groups excluding carboxylic acids is 1. The van der Waals surface area contributed by atoms with Gasteiger partial charge < -0.3 is 14.8 Å². The second kappa shape index (κ2) is 11.2. The van der Waals surface area contributed by atoms with Gasteiger partial charge in [-0.05, 0) is 64.1 Å². The first-order valence-electron chi connectivity index (χ1n) is 10.3. The molecular formula is C23H32N2O5S. The maximum absolute atomic E-state index is 12.7. The molecule has 0 aliphatic carbocycles. The molecule has 0 aliphatic rings. The van der Waals surface area contributed by atoms with Crippen molar-refractivity contribution >= 4 is 21.4 Å². The van der Waals surface area contributed by atoms with Gasteiger partial charge in [-0.15, -0.1) is 0 Å². The normalized spacial score (nSPS) is 11.4. The van der Waals surface area contributed by atoms with Crippen molar-refractivity contribution in [2.75, 3.05) is 44.4 Å². The summed E-state index contributed by atoms with van der Waals surface area (Å²) in [5.41, 5.74) is 2.22. The molecule has 0 bridgehead atoms. The third kappa shape index (κ3) is 7.25. The van der Waals surface area contributed by atoms with Crippen LogP contribution in [-0.2, 0) is 14.6 Å². The van der Waals surface area contributed by atoms with Crippen LogP contribution in [0.4, 0.5) is 5.69 Å². The molecule has 7 nitrogen and oxygen atoms in total. The van der Waals surface area contributed by atoms with Gasteiger partial charge in [0.1, 0.15) is 0 Å². The van der Waals surface area contributed by atoms with Crippen LogP contribution in [0.2, 0.25) is 0 Å². The quantitative estimate of drug-likeness (QED) is 0.567. The molecule has 170 valence electrons. The summed E-state index contributed by atoms with van der Waals surface area (Å²) < 4.78 is 36.5. The number of amides is 1. The molecule has 0 heterocycles. The minimum atomic E-state index is -3.43. The predicted octanol–water partition coefficient (Wildman–Crippen LogP) is 3.45. The third-order valence-corrected chi connectivity index (χ3v) is 6.49. The first-order chi connectivity index (χ1) is 14.7. The van der Waals surface area contributed by atoms with Crippen molar-refractivity contribution in [2.45, 2.75) is 32.6 Å². The summed E-state index contributed by atoms with van der Waals surface area (Å²) in [6.07, 6.45) is 0. The maximum atomic E-state index is 12.7. The number of sulfone groups is 1. The van der Waals surface area contributed by atoms with Crippen molar-refractivity contribution in [1.29, 1.82) is 0 Å². The summed E-state index contributed by atoms with van der Waals surface area (Å²) in [6, 6.07) is 10.6. The molecule has 0 saturated carbocycles. The number of ether oxygens (including phenoxy) is 2. The van der Waals surface area contributed by atoms with Crippen LogP contribution in [0.15, 0.2) is 41.3 Å². The Morgan fingerprint density at radius 2 is 1.68 bits per heavy atom. The Balaban J connectivity index is 1.95. The Labute approximate surface area is 185 Å². The number of carbonyl (C=O) groups is 1. The number of benzene rings is 2. The van der Waals surface area contributed by atoms with Crippen LogP contribution in [0.25, 0.3) is 0 Å². The van der Waals surface area contributed by atoms with E-state index >= 15 is 0 Å². The Morgan fingerprint density at radius 1 is 1.00 bits per heavy atom. The molecule has 0 radical (unpaired) electrons. The number of rotatable bonds is 11. The summed E-state index contributed by atoms with van der Waals surface area (Å²) in [7, 11) is -1.70. The highest BCUT2D eigenvalue weighted by atomic mass is 32.2. The number of nitrogens with zero attached hydrogens (tertiary/aromatic N) is 1. The fourth-order valence-electron chi connectivity index (χ4n) is 3.08. The number of aryl methyl sites for hydroxylation is 2. The van der Waals surface area contributed by atoms with Crippen molar-refractivity contribution in [1.82, 2.24) is 4.90 Å². The van der Waals surface area contributed by atoms with E-state index in [0.717, 1.165) is 11.1 Å². The van der Waals surface area contributed by atoms with Gasteiger partial charge in [0.15, 0.2) is 21.3 Å². The van der Waals surface area contributed by atoms with Crippen LogP contribution >= 0.6 is 0 Å². The molecule has 0 spiro atoms. The van der Waals surface area contributed by atoms with Crippen LogP contribution in [0.1, 0.15) is 25.0 Å². The lowest BCUT2D eigenvalue weighted by Gasteiger charge is -2.17. The van der Waals surface area contributed by atoms with Gasteiger partial charge in [-0.2, -0.15) is 0 Å². The summed E-state index contributed by atoms with van der Waals surface area (Å²) in [5.74, 6) is 0.892. The van der Waals surface area contributed by atoms with Gasteiger partial charge in [-0.25, -0.2) is 8.42 Å². The Bertz CT molecular complexity index is 1010. The first-order valence-corrected chi connectivity index (χ1v) is 12.0. The van der Waals surface area contributed by atoms with Gasteiger partial charge in [-0.3, -0.25) is 9.69 Å². The zero-order chi connectivity index (χ0) is 23.0. The van der Waals surface area contributed by atoms with E-state index in [1.165, 1.54) is 0 Å². The highest BCUT2D eigenvalue weighted by Crippen LogP contribution is 2.30. The molecule has 0 saturated heterocycles. The lowest BCUT2D eigenvalue weighted by Crippen LogP contribution is -2.33. The summed E-state index contributed by atoms with van der Waals surface area (Å²) >= 11 is 0. The highest BCUT2D eigenvalue weighted by Gasteiger charge is 2.19. The number of likely N-dealkylation sites (N-methyl/N-ethyl adjacent to an activating group) is 1. The summed E-state index contributed by atoms with van der Waals surface area (Å²) in [5, 5.41) is 2.82. The van der Waals surface area contributed by atoms with E-state index in [1.54, 1.807) is 43.1 Å². The molecule has 0 aromatic heterocycles. The zero-order valence-corrected chi connectivity index (χ0v) is 19.7. The van der Waals surface area contributed by atoms with Gasteiger partial charge in [0, 0.05) is 18.3 Å². The maximum Gasteiger partial charge on any atom is 0.238 e. The standard InChI is InChI=1S/C23H32N2O5S/c1-6-29-20-11-10-19(15-21(20)30-7-2)24-23(26)16-25(5)12-13-31(27,28)22-14-17(3)8-9-18(22)4/h8-11,14-15H,6-7,12-13,16H2,1-5H3,(H,24,26). The lowest BCUT2D eigenvalue weighted by atomic mass is 10.2. The van der Waals surface area contributed by atoms with E-state index in [4.69, 9.17) is 9.47 Å². The van der Waals surface area contributed by atoms with Crippen molar-refractivity contribution in [2.24, 2.45) is 0 Å². The molecule has 0 aliphatic heterocycles. The van der Waals surface area contributed by atoms with Crippen LogP contribution in [0.5, 0.6) is 11.5 Å². The Kier molecular flexibility index (Phi) is 8.88. The molecule has 2 aromatic carbocycles. The highest BCUT2D eigenvalue weighted by molar-refractivity contribution is 7.91. The number of anilines is 1. The predicted molar refractivity (Wildman–Crippen MR) is 123 cm³/mol. The van der Waals surface area contributed by atoms with E-state index in [9.17, 15) is 13.2 Å². The second-order valence-electron chi connectivity index (χ2n) is 7.40. The minimum absolute atomic E-state index is 0.0569. The number of hydrogen-bond donors (Lipinski definition) is 1. The van der Waals surface area contributed by atoms with Gasteiger partial charge >= 0.3 is 0 Å². The molecule has 0 fully saturated rings. The monoisotopic (exact) mass is 448 g/mol. The Morgan fingerprint density at radius 3 is 2.35 bits per heavy atom. The molecule has 1 amide bonds. The molecular weight excluding hydrogens is 416 g/mol. The van der Waals surface area contributed by atoms with E-state index in [2.05, 4.69) is 5.32 Å². The molecule has 31 heavy (non-hydrogen) atoms. The molecule has 8 heteroatoms. The van der Waals surface area contributed by atoms with E-state index < -0.39 is 9.84 Å². The Hall–Kier alpha value is -2.58. The van der Waals surface area contributed by atoms with E-state index in [1.807, 2.05) is 32.9 Å². The molecule has 2 aromatic rings. The topological polar surface area (TPSA) is 84.9 Å². The van der Waals surface area contributed by atoms with Crippen molar-refractivity contribution in [3.05, 3.63) is 47.5 Å². The van der Waals surface area contributed by atoms with E-state index in [0.29, 0.717) is 35.3 Å². The van der Waals surface area contributed by atoms with Crippen molar-refractivity contribution < 1.29 is 22.7 Å².